The Bertz CT molecular complexity index is 866. The van der Waals surface area contributed by atoms with Crippen molar-refractivity contribution in [2.75, 3.05) is 18.0 Å². The van der Waals surface area contributed by atoms with Gasteiger partial charge < -0.3 is 20.3 Å². The molecular weight excluding hydrogens is 408 g/mol. The molecule has 10 heteroatoms. The third kappa shape index (κ3) is 4.24. The number of aliphatic hydroxyl groups is 1. The lowest BCUT2D eigenvalue weighted by molar-refractivity contribution is 0.0728. The summed E-state index contributed by atoms with van der Waals surface area (Å²) >= 11 is 12.0. The van der Waals surface area contributed by atoms with Crippen LogP contribution in [0.1, 0.15) is 42.1 Å². The molecule has 28 heavy (non-hydrogen) atoms. The first-order chi connectivity index (χ1) is 13.1. The molecule has 1 aliphatic rings. The topological polar surface area (TPSA) is 94.1 Å². The highest BCUT2D eigenvalue weighted by molar-refractivity contribution is 6.44. The van der Waals surface area contributed by atoms with E-state index in [1.807, 2.05) is 0 Å². The summed E-state index contributed by atoms with van der Waals surface area (Å²) in [5.41, 5.74) is 0.0570. The molecule has 2 atom stereocenters. The fraction of sp³-hybridized carbons (Fsp3) is 0.500. The van der Waals surface area contributed by atoms with Crippen LogP contribution in [-0.4, -0.2) is 51.5 Å². The molecule has 0 unspecified atom stereocenters. The third-order valence-electron chi connectivity index (χ3n) is 4.74. The molecule has 0 aromatic carbocycles. The number of alkyl halides is 1. The van der Waals surface area contributed by atoms with Gasteiger partial charge in [0.25, 0.3) is 5.91 Å². The highest BCUT2D eigenvalue weighted by Crippen LogP contribution is 2.29. The molecule has 0 radical (unpaired) electrons. The van der Waals surface area contributed by atoms with Crippen molar-refractivity contribution in [1.29, 1.82) is 0 Å². The Morgan fingerprint density at radius 2 is 2.07 bits per heavy atom. The maximum atomic E-state index is 14.7. The number of hydrogen-bond acceptors (Lipinski definition) is 5. The predicted molar refractivity (Wildman–Crippen MR) is 106 cm³/mol. The normalized spacial score (nSPS) is 20.3. The largest absolute Gasteiger partial charge is 0.384 e. The molecular formula is C18H22Cl2FN5O2. The third-order valence-corrected chi connectivity index (χ3v) is 5.69. The number of rotatable bonds is 4. The number of nitrogens with one attached hydrogen (secondary N) is 2. The van der Waals surface area contributed by atoms with Gasteiger partial charge in [0.1, 0.15) is 17.5 Å². The minimum Gasteiger partial charge on any atom is -0.384 e. The van der Waals surface area contributed by atoms with Gasteiger partial charge in [-0.05, 0) is 39.3 Å². The van der Waals surface area contributed by atoms with Gasteiger partial charge in [0.2, 0.25) is 0 Å². The molecule has 3 N–H and O–H groups in total. The summed E-state index contributed by atoms with van der Waals surface area (Å²) in [7, 11) is 0. The molecule has 2 aromatic heterocycles. The standard InChI is InChI=1S/C18H22Cl2FN5O2/c1-9-14(19)15(20)16(22-9)17(27)23-11-6-7-26(8-10(11)21)13-5-4-12(24-25-13)18(2,3)28/h4-5,10-11,22,28H,6-8H2,1-3H3,(H,23,27)/t10-,11+/m0/s1. The molecule has 0 bridgehead atoms. The number of amides is 1. The number of H-pyrrole nitrogens is 1. The second-order valence-corrected chi connectivity index (χ2v) is 8.18. The van der Waals surface area contributed by atoms with E-state index in [9.17, 15) is 14.3 Å². The van der Waals surface area contributed by atoms with E-state index in [0.29, 0.717) is 30.2 Å². The van der Waals surface area contributed by atoms with Gasteiger partial charge in [0.15, 0.2) is 5.82 Å². The minimum atomic E-state index is -1.29. The van der Waals surface area contributed by atoms with E-state index < -0.39 is 23.7 Å². The number of halogens is 3. The smallest absolute Gasteiger partial charge is 0.269 e. The van der Waals surface area contributed by atoms with Crippen molar-refractivity contribution < 1.29 is 14.3 Å². The first-order valence-corrected chi connectivity index (χ1v) is 9.63. The number of aryl methyl sites for hydroxylation is 1. The van der Waals surface area contributed by atoms with Crippen LogP contribution in [0.15, 0.2) is 12.1 Å². The number of anilines is 1. The lowest BCUT2D eigenvalue weighted by Crippen LogP contribution is -2.52. The molecule has 7 nitrogen and oxygen atoms in total. The van der Waals surface area contributed by atoms with Crippen molar-refractivity contribution in [3.63, 3.8) is 0 Å². The fourth-order valence-corrected chi connectivity index (χ4v) is 3.48. The molecule has 1 saturated heterocycles. The van der Waals surface area contributed by atoms with Crippen molar-refractivity contribution in [3.05, 3.63) is 39.3 Å². The number of aromatic amines is 1. The van der Waals surface area contributed by atoms with E-state index in [2.05, 4.69) is 20.5 Å². The van der Waals surface area contributed by atoms with Crippen LogP contribution in [-0.2, 0) is 5.60 Å². The van der Waals surface area contributed by atoms with Crippen LogP contribution < -0.4 is 10.2 Å². The number of nitrogens with zero attached hydrogens (tertiary/aromatic N) is 3. The van der Waals surface area contributed by atoms with Gasteiger partial charge >= 0.3 is 0 Å². The van der Waals surface area contributed by atoms with Gasteiger partial charge in [-0.3, -0.25) is 4.79 Å². The molecule has 3 rings (SSSR count). The monoisotopic (exact) mass is 429 g/mol. The highest BCUT2D eigenvalue weighted by Gasteiger charge is 2.32. The molecule has 2 aromatic rings. The second-order valence-electron chi connectivity index (χ2n) is 7.42. The molecule has 1 aliphatic heterocycles. The van der Waals surface area contributed by atoms with Crippen molar-refractivity contribution in [3.8, 4) is 0 Å². The van der Waals surface area contributed by atoms with Gasteiger partial charge in [-0.15, -0.1) is 5.10 Å². The zero-order valence-electron chi connectivity index (χ0n) is 15.8. The summed E-state index contributed by atoms with van der Waals surface area (Å²) in [6.07, 6.45) is -0.897. The molecule has 0 spiro atoms. The van der Waals surface area contributed by atoms with Crippen molar-refractivity contribution in [2.45, 2.75) is 45.0 Å². The number of piperidine rings is 1. The Morgan fingerprint density at radius 3 is 2.57 bits per heavy atom. The maximum absolute atomic E-state index is 14.7. The van der Waals surface area contributed by atoms with Gasteiger partial charge in [-0.1, -0.05) is 23.2 Å². The summed E-state index contributed by atoms with van der Waals surface area (Å²) in [5, 5.41) is 21.1. The Morgan fingerprint density at radius 1 is 1.36 bits per heavy atom. The zero-order valence-corrected chi connectivity index (χ0v) is 17.3. The van der Waals surface area contributed by atoms with E-state index in [0.717, 1.165) is 0 Å². The van der Waals surface area contributed by atoms with Crippen LogP contribution in [0.3, 0.4) is 0 Å². The molecule has 0 aliphatic carbocycles. The van der Waals surface area contributed by atoms with Crippen LogP contribution >= 0.6 is 23.2 Å². The first-order valence-electron chi connectivity index (χ1n) is 8.88. The molecule has 0 saturated carbocycles. The molecule has 3 heterocycles. The SMILES string of the molecule is Cc1[nH]c(C(=O)N[C@@H]2CCN(c3ccc(C(C)(C)O)nn3)C[C@@H]2F)c(Cl)c1Cl. The summed E-state index contributed by atoms with van der Waals surface area (Å²) in [6.45, 7) is 5.51. The van der Waals surface area contributed by atoms with Crippen molar-refractivity contribution in [2.24, 2.45) is 0 Å². The summed E-state index contributed by atoms with van der Waals surface area (Å²) in [6, 6.07) is 2.73. The fourth-order valence-electron chi connectivity index (χ4n) is 3.06. The van der Waals surface area contributed by atoms with Crippen LogP contribution in [0.5, 0.6) is 0 Å². The van der Waals surface area contributed by atoms with E-state index >= 15 is 0 Å². The van der Waals surface area contributed by atoms with Crippen LogP contribution in [0.2, 0.25) is 10.0 Å². The molecule has 1 fully saturated rings. The second kappa shape index (κ2) is 7.85. The van der Waals surface area contributed by atoms with E-state index in [1.165, 1.54) is 0 Å². The Labute approximate surface area is 172 Å². The minimum absolute atomic E-state index is 0.0692. The van der Waals surface area contributed by atoms with Crippen LogP contribution in [0.25, 0.3) is 0 Å². The van der Waals surface area contributed by atoms with E-state index in [-0.39, 0.29) is 22.3 Å². The number of hydrogen-bond donors (Lipinski definition) is 3. The quantitative estimate of drug-likeness (QED) is 0.694. The number of aromatic nitrogens is 3. The summed E-state index contributed by atoms with van der Waals surface area (Å²) in [4.78, 5) is 17.0. The average molecular weight is 430 g/mol. The summed E-state index contributed by atoms with van der Waals surface area (Å²) < 4.78 is 14.7. The van der Waals surface area contributed by atoms with Crippen molar-refractivity contribution >= 4 is 34.9 Å². The van der Waals surface area contributed by atoms with Gasteiger partial charge in [-0.2, -0.15) is 5.10 Å². The average Bonchev–Trinajstić information content (AvgIpc) is 2.90. The zero-order chi connectivity index (χ0) is 20.6. The van der Waals surface area contributed by atoms with E-state index in [4.69, 9.17) is 23.2 Å². The van der Waals surface area contributed by atoms with Gasteiger partial charge in [0.05, 0.1) is 28.3 Å². The molecule has 152 valence electrons. The summed E-state index contributed by atoms with van der Waals surface area (Å²) in [5.74, 6) is 0.0330. The van der Waals surface area contributed by atoms with Crippen LogP contribution in [0.4, 0.5) is 10.2 Å². The Kier molecular flexibility index (Phi) is 5.84. The van der Waals surface area contributed by atoms with Gasteiger partial charge in [-0.25, -0.2) is 4.39 Å². The van der Waals surface area contributed by atoms with Crippen LogP contribution in [0, 0.1) is 6.92 Å². The van der Waals surface area contributed by atoms with Crippen molar-refractivity contribution in [1.82, 2.24) is 20.5 Å². The Hall–Kier alpha value is -1.90. The first kappa shape index (κ1) is 20.8. The lowest BCUT2D eigenvalue weighted by Gasteiger charge is -2.35. The highest BCUT2D eigenvalue weighted by atomic mass is 35.5. The number of carbonyl (C=O) groups excluding carboxylic acids is 1. The maximum Gasteiger partial charge on any atom is 0.269 e. The van der Waals surface area contributed by atoms with E-state index in [1.54, 1.807) is 37.8 Å². The number of carbonyl (C=O) groups is 1. The lowest BCUT2D eigenvalue weighted by atomic mass is 10.0. The Balaban J connectivity index is 1.63. The van der Waals surface area contributed by atoms with Gasteiger partial charge in [0, 0.05) is 12.2 Å². The molecule has 1 amide bonds. The predicted octanol–water partition coefficient (Wildman–Crippen LogP) is 2.99.